The first kappa shape index (κ1) is 17.3. The molecular weight excluding hydrogens is 260 g/mol. The number of hydrogen-bond acceptors (Lipinski definition) is 2. The van der Waals surface area contributed by atoms with Crippen molar-refractivity contribution in [3.8, 4) is 11.8 Å². The van der Waals surface area contributed by atoms with Gasteiger partial charge in [-0.3, -0.25) is 4.79 Å². The fraction of sp³-hybridized carbons (Fsp3) is 0.500. The molecule has 1 rings (SSSR count). The molecule has 1 aromatic carbocycles. The van der Waals surface area contributed by atoms with Gasteiger partial charge in [-0.15, -0.1) is 0 Å². The Morgan fingerprint density at radius 1 is 1.33 bits per heavy atom. The van der Waals surface area contributed by atoms with Crippen LogP contribution in [-0.4, -0.2) is 19.0 Å². The Morgan fingerprint density at radius 2 is 2.10 bits per heavy atom. The Balaban J connectivity index is 2.54. The first-order valence-electron chi connectivity index (χ1n) is 7.62. The lowest BCUT2D eigenvalue weighted by atomic mass is 10.0. The Labute approximate surface area is 128 Å². The predicted molar refractivity (Wildman–Crippen MR) is 88.1 cm³/mol. The van der Waals surface area contributed by atoms with E-state index in [0.29, 0.717) is 12.1 Å². The van der Waals surface area contributed by atoms with E-state index in [1.807, 2.05) is 25.1 Å². The first-order chi connectivity index (χ1) is 10.0. The van der Waals surface area contributed by atoms with Gasteiger partial charge in [0, 0.05) is 17.7 Å². The molecule has 0 bridgehead atoms. The molecule has 0 fully saturated rings. The van der Waals surface area contributed by atoms with Gasteiger partial charge in [0.2, 0.25) is 0 Å². The number of nitrogens with one attached hydrogen (secondary N) is 1. The molecule has 0 radical (unpaired) electrons. The minimum absolute atomic E-state index is 0.0321. The fourth-order valence-electron chi connectivity index (χ4n) is 2.03. The molecule has 114 valence electrons. The van der Waals surface area contributed by atoms with Crippen molar-refractivity contribution in [2.45, 2.75) is 40.0 Å². The summed E-state index contributed by atoms with van der Waals surface area (Å²) in [4.78, 5) is 12.1. The maximum absolute atomic E-state index is 12.1. The van der Waals surface area contributed by atoms with Gasteiger partial charge >= 0.3 is 0 Å². The highest BCUT2D eigenvalue weighted by molar-refractivity contribution is 5.94. The van der Waals surface area contributed by atoms with Gasteiger partial charge in [-0.2, -0.15) is 0 Å². The smallest absolute Gasteiger partial charge is 0.251 e. The molecule has 0 saturated heterocycles. The van der Waals surface area contributed by atoms with Crippen molar-refractivity contribution in [3.63, 3.8) is 0 Å². The number of nitrogens with two attached hydrogens (primary N) is 1. The van der Waals surface area contributed by atoms with E-state index in [9.17, 15) is 4.79 Å². The monoisotopic (exact) mass is 286 g/mol. The Bertz CT molecular complexity index is 524. The summed E-state index contributed by atoms with van der Waals surface area (Å²) >= 11 is 0. The largest absolute Gasteiger partial charge is 0.352 e. The number of benzene rings is 1. The molecule has 1 aromatic rings. The molecule has 0 aliphatic rings. The zero-order valence-electron chi connectivity index (χ0n) is 13.3. The van der Waals surface area contributed by atoms with Crippen LogP contribution < -0.4 is 11.1 Å². The highest BCUT2D eigenvalue weighted by Gasteiger charge is 2.06. The Hall–Kier alpha value is -1.79. The van der Waals surface area contributed by atoms with Crippen molar-refractivity contribution in [3.05, 3.63) is 34.9 Å². The van der Waals surface area contributed by atoms with Crippen LogP contribution in [0.15, 0.2) is 18.2 Å². The van der Waals surface area contributed by atoms with Gasteiger partial charge in [0.1, 0.15) is 0 Å². The maximum Gasteiger partial charge on any atom is 0.251 e. The second-order valence-corrected chi connectivity index (χ2v) is 5.68. The van der Waals surface area contributed by atoms with Crippen molar-refractivity contribution < 1.29 is 4.79 Å². The van der Waals surface area contributed by atoms with Crippen LogP contribution in [0.4, 0.5) is 0 Å². The third-order valence-electron chi connectivity index (χ3n) is 3.32. The number of carbonyl (C=O) groups excluding carboxylic acids is 1. The van der Waals surface area contributed by atoms with Crippen molar-refractivity contribution in [2.24, 2.45) is 11.7 Å². The summed E-state index contributed by atoms with van der Waals surface area (Å²) < 4.78 is 0. The molecule has 0 heterocycles. The predicted octanol–water partition coefficient (Wildman–Crippen LogP) is 2.86. The van der Waals surface area contributed by atoms with Crippen molar-refractivity contribution in [1.82, 2.24) is 5.32 Å². The molecular formula is C18H26N2O. The molecule has 1 amide bonds. The van der Waals surface area contributed by atoms with E-state index in [2.05, 4.69) is 31.0 Å². The molecule has 21 heavy (non-hydrogen) atoms. The van der Waals surface area contributed by atoms with E-state index in [1.54, 1.807) is 0 Å². The molecule has 0 atom stereocenters. The highest BCUT2D eigenvalue weighted by atomic mass is 16.1. The summed E-state index contributed by atoms with van der Waals surface area (Å²) in [5, 5.41) is 2.96. The molecule has 0 spiro atoms. The van der Waals surface area contributed by atoms with Gasteiger partial charge in [0.05, 0.1) is 6.54 Å². The van der Waals surface area contributed by atoms with Crippen LogP contribution in [0.25, 0.3) is 0 Å². The summed E-state index contributed by atoms with van der Waals surface area (Å²) in [6.07, 6.45) is 3.38. The van der Waals surface area contributed by atoms with E-state index in [-0.39, 0.29) is 5.91 Å². The Morgan fingerprint density at radius 3 is 2.76 bits per heavy atom. The van der Waals surface area contributed by atoms with Gasteiger partial charge in [-0.1, -0.05) is 44.6 Å². The molecule has 0 saturated carbocycles. The van der Waals surface area contributed by atoms with Crippen LogP contribution >= 0.6 is 0 Å². The van der Waals surface area contributed by atoms with Gasteiger partial charge in [0.25, 0.3) is 5.91 Å². The van der Waals surface area contributed by atoms with Crippen LogP contribution in [0.3, 0.4) is 0 Å². The number of rotatable bonds is 6. The quantitative estimate of drug-likeness (QED) is 0.624. The van der Waals surface area contributed by atoms with Crippen LogP contribution in [0.1, 0.15) is 54.6 Å². The second kappa shape index (κ2) is 9.20. The molecule has 3 N–H and O–H groups in total. The minimum Gasteiger partial charge on any atom is -0.352 e. The van der Waals surface area contributed by atoms with E-state index in [0.717, 1.165) is 36.4 Å². The zero-order valence-corrected chi connectivity index (χ0v) is 13.3. The molecule has 0 aliphatic heterocycles. The average molecular weight is 286 g/mol. The van der Waals surface area contributed by atoms with E-state index >= 15 is 0 Å². The second-order valence-electron chi connectivity index (χ2n) is 5.68. The van der Waals surface area contributed by atoms with Gasteiger partial charge < -0.3 is 11.1 Å². The normalized spacial score (nSPS) is 10.1. The summed E-state index contributed by atoms with van der Waals surface area (Å²) in [6, 6.07) is 5.60. The maximum atomic E-state index is 12.1. The zero-order chi connectivity index (χ0) is 15.7. The molecule has 3 heteroatoms. The van der Waals surface area contributed by atoms with Crippen LogP contribution in [0.2, 0.25) is 0 Å². The van der Waals surface area contributed by atoms with Crippen LogP contribution in [0.5, 0.6) is 0 Å². The molecule has 3 nitrogen and oxygen atoms in total. The number of unbranched alkanes of at least 4 members (excludes halogenated alkanes) is 1. The lowest BCUT2D eigenvalue weighted by molar-refractivity contribution is 0.0953. The third kappa shape index (κ3) is 6.46. The SMILES string of the molecule is Cc1ccc(C(=O)NCCCCC(C)C)cc1C#CCN. The first-order valence-corrected chi connectivity index (χ1v) is 7.62. The topological polar surface area (TPSA) is 55.1 Å². The van der Waals surface area contributed by atoms with Crippen LogP contribution in [0, 0.1) is 24.7 Å². The number of amides is 1. The minimum atomic E-state index is -0.0321. The van der Waals surface area contributed by atoms with E-state index in [1.165, 1.54) is 6.42 Å². The van der Waals surface area contributed by atoms with Crippen LogP contribution in [-0.2, 0) is 0 Å². The molecule has 0 unspecified atom stereocenters. The average Bonchev–Trinajstić information content (AvgIpc) is 2.45. The summed E-state index contributed by atoms with van der Waals surface area (Å²) in [7, 11) is 0. The lowest BCUT2D eigenvalue weighted by Gasteiger charge is -2.08. The van der Waals surface area contributed by atoms with Gasteiger partial charge in [0.15, 0.2) is 0 Å². The standard InChI is InChI=1S/C18H26N2O/c1-14(2)7-4-5-12-20-18(21)17-10-9-15(3)16(13-17)8-6-11-19/h9-10,13-14H,4-5,7,11-12,19H2,1-3H3,(H,20,21). The highest BCUT2D eigenvalue weighted by Crippen LogP contribution is 2.10. The summed E-state index contributed by atoms with van der Waals surface area (Å²) in [5.74, 6) is 6.52. The lowest BCUT2D eigenvalue weighted by Crippen LogP contribution is -2.24. The number of aryl methyl sites for hydroxylation is 1. The Kier molecular flexibility index (Phi) is 7.56. The van der Waals surface area contributed by atoms with Gasteiger partial charge in [-0.05, 0) is 37.0 Å². The third-order valence-corrected chi connectivity index (χ3v) is 3.32. The number of hydrogen-bond donors (Lipinski definition) is 2. The summed E-state index contributed by atoms with van der Waals surface area (Å²) in [6.45, 7) is 7.46. The fourth-order valence-corrected chi connectivity index (χ4v) is 2.03. The van der Waals surface area contributed by atoms with Crippen molar-refractivity contribution in [1.29, 1.82) is 0 Å². The van der Waals surface area contributed by atoms with E-state index in [4.69, 9.17) is 5.73 Å². The number of carbonyl (C=O) groups is 1. The summed E-state index contributed by atoms with van der Waals surface area (Å²) in [5.41, 5.74) is 7.97. The molecule has 0 aromatic heterocycles. The molecule has 0 aliphatic carbocycles. The van der Waals surface area contributed by atoms with Crippen molar-refractivity contribution in [2.75, 3.05) is 13.1 Å². The van der Waals surface area contributed by atoms with Crippen molar-refractivity contribution >= 4 is 5.91 Å². The van der Waals surface area contributed by atoms with Gasteiger partial charge in [-0.25, -0.2) is 0 Å². The van der Waals surface area contributed by atoms with E-state index < -0.39 is 0 Å².